The summed E-state index contributed by atoms with van der Waals surface area (Å²) in [5.74, 6) is -1.98. The smallest absolute Gasteiger partial charge is 0.250 e. The van der Waals surface area contributed by atoms with Crippen LogP contribution < -0.4 is 9.64 Å². The van der Waals surface area contributed by atoms with E-state index in [9.17, 15) is 19.5 Å². The summed E-state index contributed by atoms with van der Waals surface area (Å²) in [5.41, 5.74) is 0.859. The summed E-state index contributed by atoms with van der Waals surface area (Å²) in [5, 5.41) is 19.0. The van der Waals surface area contributed by atoms with Crippen molar-refractivity contribution in [3.8, 4) is 5.75 Å². The van der Waals surface area contributed by atoms with Gasteiger partial charge in [-0.05, 0) is 62.6 Å². The Morgan fingerprint density at radius 2 is 1.87 bits per heavy atom. The van der Waals surface area contributed by atoms with E-state index in [1.807, 2.05) is 50.2 Å². The lowest BCUT2D eigenvalue weighted by atomic mass is 9.70. The lowest BCUT2D eigenvalue weighted by Gasteiger charge is -2.39. The normalized spacial score (nSPS) is 25.1. The molecule has 3 saturated heterocycles. The monoisotopic (exact) mass is 642 g/mol. The van der Waals surface area contributed by atoms with Crippen LogP contribution in [0.15, 0.2) is 73.8 Å². The van der Waals surface area contributed by atoms with Gasteiger partial charge in [0.05, 0.1) is 42.7 Å². The van der Waals surface area contributed by atoms with E-state index in [0.29, 0.717) is 42.8 Å². The highest BCUT2D eigenvalue weighted by atomic mass is 16.5. The van der Waals surface area contributed by atoms with Crippen LogP contribution >= 0.6 is 0 Å². The first-order valence-electron chi connectivity index (χ1n) is 16.3. The van der Waals surface area contributed by atoms with E-state index in [-0.39, 0.29) is 44.1 Å². The molecule has 248 valence electrons. The second-order valence-corrected chi connectivity index (χ2v) is 12.3. The van der Waals surface area contributed by atoms with Crippen LogP contribution in [0.25, 0.3) is 11.0 Å². The zero-order valence-corrected chi connectivity index (χ0v) is 26.9. The van der Waals surface area contributed by atoms with Gasteiger partial charge < -0.3 is 29.3 Å². The Bertz CT molecular complexity index is 1650. The summed E-state index contributed by atoms with van der Waals surface area (Å²) in [6.45, 7) is 12.2. The molecule has 3 aromatic rings. The molecular weight excluding hydrogens is 600 g/mol. The van der Waals surface area contributed by atoms with Gasteiger partial charge in [0.2, 0.25) is 17.7 Å². The molecule has 2 aromatic carbocycles. The van der Waals surface area contributed by atoms with Gasteiger partial charge in [-0.2, -0.15) is 0 Å². The minimum absolute atomic E-state index is 0.0667. The molecule has 1 N–H and O–H groups in total. The van der Waals surface area contributed by atoms with Gasteiger partial charge in [0, 0.05) is 18.8 Å². The standard InChI is InChI=1S/C35H42N6O6/c1-5-19-38(22-40-27-12-10-9-11-26(27)36-37-40)34(45)31-35-18-17-28(47-35)29(30(35)33(44)41(31)23(7-3)21-42)32(43)39(20-6-2)24-13-15-25(16-14-24)46-8-4/h5-6,9-16,23,28-31,42H,1-2,7-8,17-22H2,3-4H3/t23-,28-,29+,30-,31?,35?/m0/s1. The summed E-state index contributed by atoms with van der Waals surface area (Å²) in [4.78, 5) is 48.5. The van der Waals surface area contributed by atoms with Crippen molar-refractivity contribution in [2.24, 2.45) is 11.8 Å². The molecule has 47 heavy (non-hydrogen) atoms. The lowest BCUT2D eigenvalue weighted by Crippen LogP contribution is -2.58. The summed E-state index contributed by atoms with van der Waals surface area (Å²) < 4.78 is 13.9. The summed E-state index contributed by atoms with van der Waals surface area (Å²) in [6, 6.07) is 13.0. The number of benzene rings is 2. The van der Waals surface area contributed by atoms with Gasteiger partial charge in [0.1, 0.15) is 29.6 Å². The minimum atomic E-state index is -1.23. The number of hydrogen-bond donors (Lipinski definition) is 1. The second kappa shape index (κ2) is 13.3. The molecule has 0 aliphatic carbocycles. The molecule has 6 atom stereocenters. The minimum Gasteiger partial charge on any atom is -0.494 e. The number of carbonyl (C=O) groups is 3. The Kier molecular flexibility index (Phi) is 9.16. The molecule has 3 amide bonds. The Balaban J connectivity index is 1.37. The topological polar surface area (TPSA) is 130 Å². The van der Waals surface area contributed by atoms with Crippen molar-refractivity contribution in [1.29, 1.82) is 0 Å². The molecule has 3 aliphatic rings. The maximum atomic E-state index is 14.8. The SMILES string of the molecule is C=CCN(Cn1nnc2ccccc21)C(=O)C1N([C@@H](CC)CO)C(=O)[C@@H]2[C@H](C(=O)N(CC=C)c3ccc(OCC)cc3)[C@@H]3CCC12O3. The van der Waals surface area contributed by atoms with Crippen LogP contribution in [0.4, 0.5) is 5.69 Å². The number of ether oxygens (including phenoxy) is 2. The number of nitrogens with zero attached hydrogens (tertiary/aromatic N) is 6. The third-order valence-corrected chi connectivity index (χ3v) is 9.76. The molecule has 3 fully saturated rings. The molecule has 2 unspecified atom stereocenters. The van der Waals surface area contributed by atoms with Crippen LogP contribution in [0, 0.1) is 11.8 Å². The molecule has 2 bridgehead atoms. The maximum absolute atomic E-state index is 14.8. The van der Waals surface area contributed by atoms with E-state index < -0.39 is 35.6 Å². The number of rotatable bonds is 14. The predicted molar refractivity (Wildman–Crippen MR) is 175 cm³/mol. The van der Waals surface area contributed by atoms with Gasteiger partial charge in [-0.25, -0.2) is 4.68 Å². The fraction of sp³-hybridized carbons (Fsp3) is 0.457. The van der Waals surface area contributed by atoms with Crippen molar-refractivity contribution >= 4 is 34.4 Å². The van der Waals surface area contributed by atoms with E-state index in [4.69, 9.17) is 9.47 Å². The molecule has 0 saturated carbocycles. The van der Waals surface area contributed by atoms with Gasteiger partial charge in [-0.15, -0.1) is 18.3 Å². The van der Waals surface area contributed by atoms with Crippen molar-refractivity contribution in [3.63, 3.8) is 0 Å². The zero-order valence-electron chi connectivity index (χ0n) is 26.9. The van der Waals surface area contributed by atoms with Crippen molar-refractivity contribution in [1.82, 2.24) is 24.8 Å². The van der Waals surface area contributed by atoms with Crippen molar-refractivity contribution in [2.45, 2.75) is 63.6 Å². The highest BCUT2D eigenvalue weighted by molar-refractivity contribution is 6.03. The molecular formula is C35H42N6O6. The van der Waals surface area contributed by atoms with Gasteiger partial charge in [-0.3, -0.25) is 14.4 Å². The molecule has 1 aromatic heterocycles. The predicted octanol–water partition coefficient (Wildman–Crippen LogP) is 3.17. The van der Waals surface area contributed by atoms with Gasteiger partial charge in [0.25, 0.3) is 0 Å². The number of aliphatic hydroxyl groups is 1. The highest BCUT2D eigenvalue weighted by Gasteiger charge is 2.75. The van der Waals surface area contributed by atoms with Gasteiger partial charge >= 0.3 is 0 Å². The third-order valence-electron chi connectivity index (χ3n) is 9.76. The largest absolute Gasteiger partial charge is 0.494 e. The number of amides is 3. The van der Waals surface area contributed by atoms with Crippen molar-refractivity contribution in [2.75, 3.05) is 31.2 Å². The number of carbonyl (C=O) groups excluding carboxylic acids is 3. The number of aliphatic hydroxyl groups excluding tert-OH is 1. The molecule has 12 heteroatoms. The van der Waals surface area contributed by atoms with Crippen molar-refractivity contribution in [3.05, 3.63) is 73.8 Å². The molecule has 12 nitrogen and oxygen atoms in total. The van der Waals surface area contributed by atoms with E-state index in [1.54, 1.807) is 38.8 Å². The van der Waals surface area contributed by atoms with Gasteiger partial charge in [0.15, 0.2) is 0 Å². The van der Waals surface area contributed by atoms with Gasteiger partial charge in [-0.1, -0.05) is 36.4 Å². The molecule has 1 spiro atoms. The number of aromatic nitrogens is 3. The number of anilines is 1. The quantitative estimate of drug-likeness (QED) is 0.266. The van der Waals surface area contributed by atoms with E-state index in [0.717, 1.165) is 5.52 Å². The molecule has 4 heterocycles. The number of likely N-dealkylation sites (tertiary alicyclic amines) is 1. The first-order valence-corrected chi connectivity index (χ1v) is 16.3. The fourth-order valence-corrected chi connectivity index (χ4v) is 7.71. The van der Waals surface area contributed by atoms with Crippen LogP contribution in [0.5, 0.6) is 5.75 Å². The van der Waals surface area contributed by atoms with Crippen LogP contribution in [0.2, 0.25) is 0 Å². The first kappa shape index (κ1) is 32.4. The average molecular weight is 643 g/mol. The third kappa shape index (κ3) is 5.39. The maximum Gasteiger partial charge on any atom is 0.250 e. The molecule has 0 radical (unpaired) electrons. The highest BCUT2D eigenvalue weighted by Crippen LogP contribution is 2.59. The van der Waals surface area contributed by atoms with Crippen LogP contribution in [-0.2, 0) is 25.8 Å². The summed E-state index contributed by atoms with van der Waals surface area (Å²) in [7, 11) is 0. The summed E-state index contributed by atoms with van der Waals surface area (Å²) in [6.07, 6.45) is 4.11. The molecule has 3 aliphatic heterocycles. The van der Waals surface area contributed by atoms with Crippen LogP contribution in [0.3, 0.4) is 0 Å². The van der Waals surface area contributed by atoms with Crippen molar-refractivity contribution < 1.29 is 29.0 Å². The second-order valence-electron chi connectivity index (χ2n) is 12.3. The number of hydrogen-bond acceptors (Lipinski definition) is 8. The Morgan fingerprint density at radius 1 is 1.13 bits per heavy atom. The fourth-order valence-electron chi connectivity index (χ4n) is 7.71. The Hall–Kier alpha value is -4.55. The summed E-state index contributed by atoms with van der Waals surface area (Å²) >= 11 is 0. The number of fused-ring (bicyclic) bond motifs is 2. The van der Waals surface area contributed by atoms with Crippen LogP contribution in [-0.4, -0.2) is 97.7 Å². The Labute approximate surface area is 274 Å². The van der Waals surface area contributed by atoms with Crippen LogP contribution in [0.1, 0.15) is 33.1 Å². The molecule has 6 rings (SSSR count). The lowest BCUT2D eigenvalue weighted by molar-refractivity contribution is -0.152. The van der Waals surface area contributed by atoms with E-state index in [1.165, 1.54) is 4.90 Å². The first-order chi connectivity index (χ1) is 22.8. The van der Waals surface area contributed by atoms with E-state index >= 15 is 0 Å². The van der Waals surface area contributed by atoms with E-state index in [2.05, 4.69) is 23.5 Å². The average Bonchev–Trinajstić information content (AvgIpc) is 3.84. The zero-order chi connectivity index (χ0) is 33.3. The number of para-hydroxylation sites is 1. The Morgan fingerprint density at radius 3 is 2.55 bits per heavy atom.